The van der Waals surface area contributed by atoms with E-state index in [-0.39, 0.29) is 11.3 Å². The summed E-state index contributed by atoms with van der Waals surface area (Å²) in [6, 6.07) is 0.123. The SMILES string of the molecule is CCNCC(C)S(=O)(=O)N(C)C1CCCN(C)C1. The van der Waals surface area contributed by atoms with Crippen molar-refractivity contribution in [2.75, 3.05) is 40.3 Å². The number of hydrogen-bond acceptors (Lipinski definition) is 4. The molecule has 0 aromatic carbocycles. The van der Waals surface area contributed by atoms with E-state index in [0.717, 1.165) is 32.5 Å². The van der Waals surface area contributed by atoms with E-state index in [1.165, 1.54) is 0 Å². The van der Waals surface area contributed by atoms with Crippen molar-refractivity contribution in [3.8, 4) is 0 Å². The number of piperidine rings is 1. The summed E-state index contributed by atoms with van der Waals surface area (Å²) in [5.41, 5.74) is 0. The predicted molar refractivity (Wildman–Crippen MR) is 75.2 cm³/mol. The first-order chi connectivity index (χ1) is 8.39. The van der Waals surface area contributed by atoms with E-state index >= 15 is 0 Å². The van der Waals surface area contributed by atoms with Gasteiger partial charge in [-0.15, -0.1) is 0 Å². The zero-order chi connectivity index (χ0) is 13.8. The van der Waals surface area contributed by atoms with Gasteiger partial charge in [0.1, 0.15) is 0 Å². The third-order valence-corrected chi connectivity index (χ3v) is 5.99. The number of nitrogens with zero attached hydrogens (tertiary/aromatic N) is 2. The molecule has 1 saturated heterocycles. The van der Waals surface area contributed by atoms with Crippen molar-refractivity contribution in [3.05, 3.63) is 0 Å². The Morgan fingerprint density at radius 2 is 2.17 bits per heavy atom. The molecule has 0 aromatic rings. The largest absolute Gasteiger partial charge is 0.316 e. The van der Waals surface area contributed by atoms with E-state index in [2.05, 4.69) is 17.3 Å². The molecule has 1 aliphatic heterocycles. The molecule has 1 N–H and O–H groups in total. The highest BCUT2D eigenvalue weighted by Crippen LogP contribution is 2.18. The third kappa shape index (κ3) is 3.91. The number of nitrogens with one attached hydrogen (secondary N) is 1. The first-order valence-corrected chi connectivity index (χ1v) is 8.26. The van der Waals surface area contributed by atoms with Crippen LogP contribution >= 0.6 is 0 Å². The van der Waals surface area contributed by atoms with Crippen molar-refractivity contribution in [2.45, 2.75) is 38.0 Å². The fourth-order valence-electron chi connectivity index (χ4n) is 2.38. The molecule has 6 heteroatoms. The van der Waals surface area contributed by atoms with Crippen molar-refractivity contribution >= 4 is 10.0 Å². The highest BCUT2D eigenvalue weighted by Gasteiger charge is 2.32. The summed E-state index contributed by atoms with van der Waals surface area (Å²) in [7, 11) is 0.584. The second kappa shape index (κ2) is 6.84. The molecule has 1 aliphatic rings. The average Bonchev–Trinajstić information content (AvgIpc) is 2.34. The van der Waals surface area contributed by atoms with Gasteiger partial charge in [-0.2, -0.15) is 0 Å². The number of likely N-dealkylation sites (N-methyl/N-ethyl adjacent to an activating group) is 2. The molecule has 0 radical (unpaired) electrons. The summed E-state index contributed by atoms with van der Waals surface area (Å²) < 4.78 is 26.4. The summed E-state index contributed by atoms with van der Waals surface area (Å²) in [5.74, 6) is 0. The van der Waals surface area contributed by atoms with Crippen molar-refractivity contribution in [1.29, 1.82) is 0 Å². The summed E-state index contributed by atoms with van der Waals surface area (Å²) in [6.07, 6.45) is 2.04. The smallest absolute Gasteiger partial charge is 0.218 e. The number of sulfonamides is 1. The average molecular weight is 277 g/mol. The molecular weight excluding hydrogens is 250 g/mol. The molecule has 0 spiro atoms. The number of likely N-dealkylation sites (tertiary alicyclic amines) is 1. The number of rotatable bonds is 6. The first-order valence-electron chi connectivity index (χ1n) is 6.75. The van der Waals surface area contributed by atoms with Crippen LogP contribution in [0.5, 0.6) is 0 Å². The van der Waals surface area contributed by atoms with Crippen LogP contribution < -0.4 is 5.32 Å². The topological polar surface area (TPSA) is 52.7 Å². The van der Waals surface area contributed by atoms with Gasteiger partial charge in [0.2, 0.25) is 10.0 Å². The lowest BCUT2D eigenvalue weighted by atomic mass is 10.1. The standard InChI is InChI=1S/C12H27N3O2S/c1-5-13-9-11(2)18(16,17)15(4)12-7-6-8-14(3)10-12/h11-13H,5-10H2,1-4H3. The molecule has 0 saturated carbocycles. The summed E-state index contributed by atoms with van der Waals surface area (Å²) in [6.45, 7) is 6.99. The lowest BCUT2D eigenvalue weighted by Crippen LogP contribution is -2.50. The molecule has 18 heavy (non-hydrogen) atoms. The highest BCUT2D eigenvalue weighted by molar-refractivity contribution is 7.89. The van der Waals surface area contributed by atoms with Crippen LogP contribution in [0.2, 0.25) is 0 Å². The Morgan fingerprint density at radius 1 is 1.50 bits per heavy atom. The van der Waals surface area contributed by atoms with Gasteiger partial charge in [-0.05, 0) is 39.9 Å². The third-order valence-electron chi connectivity index (χ3n) is 3.71. The Morgan fingerprint density at radius 3 is 2.72 bits per heavy atom. The summed E-state index contributed by atoms with van der Waals surface area (Å²) in [5, 5.41) is 2.74. The normalized spacial score (nSPS) is 24.4. The summed E-state index contributed by atoms with van der Waals surface area (Å²) >= 11 is 0. The number of hydrogen-bond donors (Lipinski definition) is 1. The lowest BCUT2D eigenvalue weighted by Gasteiger charge is -2.36. The molecule has 0 aliphatic carbocycles. The van der Waals surface area contributed by atoms with Crippen LogP contribution in [-0.2, 0) is 10.0 Å². The molecule has 5 nitrogen and oxygen atoms in total. The van der Waals surface area contributed by atoms with Crippen LogP contribution in [0.4, 0.5) is 0 Å². The minimum atomic E-state index is -3.19. The second-order valence-electron chi connectivity index (χ2n) is 5.24. The van der Waals surface area contributed by atoms with Crippen LogP contribution in [0.25, 0.3) is 0 Å². The molecular formula is C12H27N3O2S. The van der Waals surface area contributed by atoms with Crippen molar-refractivity contribution in [2.24, 2.45) is 0 Å². The maximum absolute atomic E-state index is 12.4. The monoisotopic (exact) mass is 277 g/mol. The highest BCUT2D eigenvalue weighted by atomic mass is 32.2. The van der Waals surface area contributed by atoms with E-state index in [9.17, 15) is 8.42 Å². The zero-order valence-corrected chi connectivity index (χ0v) is 12.8. The Labute approximate surface area is 112 Å². The van der Waals surface area contributed by atoms with Gasteiger partial charge in [-0.3, -0.25) is 0 Å². The maximum Gasteiger partial charge on any atom is 0.218 e. The molecule has 2 atom stereocenters. The summed E-state index contributed by atoms with van der Waals surface area (Å²) in [4.78, 5) is 2.20. The molecule has 0 amide bonds. The zero-order valence-electron chi connectivity index (χ0n) is 12.0. The molecule has 1 fully saturated rings. The molecule has 0 bridgehead atoms. The van der Waals surface area contributed by atoms with Crippen LogP contribution in [-0.4, -0.2) is 69.2 Å². The van der Waals surface area contributed by atoms with Gasteiger partial charge in [0, 0.05) is 26.2 Å². The minimum Gasteiger partial charge on any atom is -0.316 e. The van der Waals surface area contributed by atoms with E-state index in [1.807, 2.05) is 6.92 Å². The van der Waals surface area contributed by atoms with Crippen molar-refractivity contribution in [1.82, 2.24) is 14.5 Å². The van der Waals surface area contributed by atoms with Gasteiger partial charge in [-0.1, -0.05) is 6.92 Å². The fraction of sp³-hybridized carbons (Fsp3) is 1.00. The second-order valence-corrected chi connectivity index (χ2v) is 7.65. The van der Waals surface area contributed by atoms with E-state index in [0.29, 0.717) is 6.54 Å². The van der Waals surface area contributed by atoms with Gasteiger partial charge in [0.15, 0.2) is 0 Å². The van der Waals surface area contributed by atoms with Crippen molar-refractivity contribution < 1.29 is 8.42 Å². The Bertz CT molecular complexity index is 345. The predicted octanol–water partition coefficient (Wildman–Crippen LogP) is 0.340. The van der Waals surface area contributed by atoms with Gasteiger partial charge < -0.3 is 10.2 Å². The fourth-order valence-corrected chi connectivity index (χ4v) is 3.86. The molecule has 1 heterocycles. The van der Waals surface area contributed by atoms with E-state index in [1.54, 1.807) is 18.3 Å². The molecule has 1 rings (SSSR count). The van der Waals surface area contributed by atoms with Gasteiger partial charge >= 0.3 is 0 Å². The molecule has 0 aromatic heterocycles. The maximum atomic E-state index is 12.4. The van der Waals surface area contributed by atoms with E-state index < -0.39 is 10.0 Å². The Balaban J connectivity index is 2.65. The quantitative estimate of drug-likeness (QED) is 0.761. The van der Waals surface area contributed by atoms with Crippen molar-refractivity contribution in [3.63, 3.8) is 0 Å². The molecule has 108 valence electrons. The van der Waals surface area contributed by atoms with E-state index in [4.69, 9.17) is 0 Å². The van der Waals surface area contributed by atoms with Crippen LogP contribution in [0.3, 0.4) is 0 Å². The van der Waals surface area contributed by atoms with Gasteiger partial charge in [0.25, 0.3) is 0 Å². The van der Waals surface area contributed by atoms with Gasteiger partial charge in [0.05, 0.1) is 5.25 Å². The Kier molecular flexibility index (Phi) is 6.04. The Hall–Kier alpha value is -0.170. The first kappa shape index (κ1) is 15.9. The molecule has 2 unspecified atom stereocenters. The van der Waals surface area contributed by atoms with Crippen LogP contribution in [0.1, 0.15) is 26.7 Å². The lowest BCUT2D eigenvalue weighted by molar-refractivity contribution is 0.187. The van der Waals surface area contributed by atoms with Crippen LogP contribution in [0.15, 0.2) is 0 Å². The van der Waals surface area contributed by atoms with Crippen LogP contribution in [0, 0.1) is 0 Å². The van der Waals surface area contributed by atoms with Gasteiger partial charge in [-0.25, -0.2) is 12.7 Å². The minimum absolute atomic E-state index is 0.123.